The molecule has 0 atom stereocenters. The van der Waals surface area contributed by atoms with Crippen molar-refractivity contribution in [2.75, 3.05) is 38.0 Å². The number of hydrogen-bond acceptors (Lipinski definition) is 5. The van der Waals surface area contributed by atoms with Crippen molar-refractivity contribution in [1.82, 2.24) is 24.4 Å². The quantitative estimate of drug-likeness (QED) is 0.717. The van der Waals surface area contributed by atoms with E-state index in [0.29, 0.717) is 49.6 Å². The first kappa shape index (κ1) is 20.0. The van der Waals surface area contributed by atoms with Crippen molar-refractivity contribution in [3.8, 4) is 0 Å². The summed E-state index contributed by atoms with van der Waals surface area (Å²) in [5, 5.41) is 7.38. The van der Waals surface area contributed by atoms with Crippen molar-refractivity contribution in [3.63, 3.8) is 0 Å². The molecule has 8 heteroatoms. The third-order valence-corrected chi connectivity index (χ3v) is 5.69. The molecular formula is C22H26N6O2. The molecule has 4 rings (SSSR count). The number of rotatable bonds is 4. The predicted molar refractivity (Wildman–Crippen MR) is 115 cm³/mol. The molecule has 8 nitrogen and oxygen atoms in total. The van der Waals surface area contributed by atoms with Crippen LogP contribution < -0.4 is 5.32 Å². The van der Waals surface area contributed by atoms with Crippen LogP contribution in [0.2, 0.25) is 0 Å². The first-order valence-corrected chi connectivity index (χ1v) is 10.1. The monoisotopic (exact) mass is 406 g/mol. The molecule has 2 amide bonds. The van der Waals surface area contributed by atoms with Gasteiger partial charge in [-0.2, -0.15) is 5.10 Å². The highest BCUT2D eigenvalue weighted by Crippen LogP contribution is 2.19. The summed E-state index contributed by atoms with van der Waals surface area (Å²) in [4.78, 5) is 33.8. The smallest absolute Gasteiger partial charge is 0.259 e. The molecule has 3 aromatic rings. The van der Waals surface area contributed by atoms with Gasteiger partial charge in [0.25, 0.3) is 5.91 Å². The van der Waals surface area contributed by atoms with Crippen LogP contribution in [-0.4, -0.2) is 68.9 Å². The lowest BCUT2D eigenvalue weighted by Crippen LogP contribution is -2.50. The Morgan fingerprint density at radius 1 is 1.07 bits per heavy atom. The van der Waals surface area contributed by atoms with E-state index in [2.05, 4.69) is 20.3 Å². The Labute approximate surface area is 175 Å². The lowest BCUT2D eigenvalue weighted by atomic mass is 10.1. The molecule has 1 saturated heterocycles. The van der Waals surface area contributed by atoms with E-state index in [-0.39, 0.29) is 11.8 Å². The fourth-order valence-electron chi connectivity index (χ4n) is 3.79. The highest BCUT2D eigenvalue weighted by atomic mass is 16.2. The van der Waals surface area contributed by atoms with E-state index < -0.39 is 0 Å². The van der Waals surface area contributed by atoms with Gasteiger partial charge in [0.05, 0.1) is 12.2 Å². The van der Waals surface area contributed by atoms with Crippen molar-refractivity contribution in [3.05, 3.63) is 59.0 Å². The Kier molecular flexibility index (Phi) is 5.50. The van der Waals surface area contributed by atoms with Crippen LogP contribution in [0.5, 0.6) is 0 Å². The summed E-state index contributed by atoms with van der Waals surface area (Å²) in [6.45, 7) is 8.62. The molecule has 3 heterocycles. The summed E-state index contributed by atoms with van der Waals surface area (Å²) in [5.74, 6) is -0.0909. The highest BCUT2D eigenvalue weighted by molar-refractivity contribution is 6.01. The Morgan fingerprint density at radius 2 is 1.83 bits per heavy atom. The topological polar surface area (TPSA) is 82.8 Å². The third-order valence-electron chi connectivity index (χ3n) is 5.69. The predicted octanol–water partition coefficient (Wildman–Crippen LogP) is 2.05. The van der Waals surface area contributed by atoms with Crippen molar-refractivity contribution >= 4 is 23.1 Å². The minimum absolute atomic E-state index is 0.0360. The molecule has 1 N–H and O–H groups in total. The maximum absolute atomic E-state index is 13.1. The van der Waals surface area contributed by atoms with Crippen LogP contribution >= 0.6 is 0 Å². The molecule has 1 aliphatic heterocycles. The van der Waals surface area contributed by atoms with Crippen LogP contribution in [-0.2, 0) is 4.79 Å². The minimum atomic E-state index is -0.0549. The number of nitrogens with one attached hydrogen (secondary N) is 1. The lowest BCUT2D eigenvalue weighted by molar-refractivity contribution is -0.117. The summed E-state index contributed by atoms with van der Waals surface area (Å²) in [6.07, 6.45) is 3.46. The SMILES string of the molecule is Cc1cccc(NC(=O)CN2CCN(C(=O)c3c(C)nn4cccnc34)CC2)c1C. The number of amides is 2. The molecule has 0 unspecified atom stereocenters. The number of anilines is 1. The van der Waals surface area contributed by atoms with Gasteiger partial charge < -0.3 is 10.2 Å². The van der Waals surface area contributed by atoms with Crippen LogP contribution in [0.3, 0.4) is 0 Å². The zero-order chi connectivity index (χ0) is 21.3. The van der Waals surface area contributed by atoms with E-state index >= 15 is 0 Å². The Bertz CT molecular complexity index is 1100. The van der Waals surface area contributed by atoms with Gasteiger partial charge in [-0.25, -0.2) is 9.50 Å². The molecule has 1 fully saturated rings. The molecule has 0 aliphatic carbocycles. The molecule has 0 saturated carbocycles. The van der Waals surface area contributed by atoms with E-state index in [9.17, 15) is 9.59 Å². The van der Waals surface area contributed by atoms with Crippen molar-refractivity contribution < 1.29 is 9.59 Å². The average Bonchev–Trinajstić information content (AvgIpc) is 3.07. The fraction of sp³-hybridized carbons (Fsp3) is 0.364. The van der Waals surface area contributed by atoms with Crippen LogP contribution in [0.15, 0.2) is 36.7 Å². The summed E-state index contributed by atoms with van der Waals surface area (Å²) >= 11 is 0. The van der Waals surface area contributed by atoms with Crippen molar-refractivity contribution in [2.24, 2.45) is 0 Å². The molecule has 0 spiro atoms. The lowest BCUT2D eigenvalue weighted by Gasteiger charge is -2.34. The Morgan fingerprint density at radius 3 is 2.60 bits per heavy atom. The van der Waals surface area contributed by atoms with E-state index in [4.69, 9.17) is 0 Å². The number of aryl methyl sites for hydroxylation is 2. The number of carbonyl (C=O) groups excluding carboxylic acids is 2. The summed E-state index contributed by atoms with van der Waals surface area (Å²) < 4.78 is 1.64. The molecule has 1 aliphatic rings. The van der Waals surface area contributed by atoms with E-state index in [1.54, 1.807) is 23.0 Å². The Balaban J connectivity index is 1.35. The molecular weight excluding hydrogens is 380 g/mol. The number of hydrogen-bond donors (Lipinski definition) is 1. The number of aromatic nitrogens is 3. The van der Waals surface area contributed by atoms with Crippen LogP contribution in [0, 0.1) is 20.8 Å². The zero-order valence-electron chi connectivity index (χ0n) is 17.6. The molecule has 0 radical (unpaired) electrons. The number of carbonyl (C=O) groups is 2. The van der Waals surface area contributed by atoms with Gasteiger partial charge in [-0.15, -0.1) is 0 Å². The first-order chi connectivity index (χ1) is 14.4. The van der Waals surface area contributed by atoms with Gasteiger partial charge in [0.2, 0.25) is 5.91 Å². The largest absolute Gasteiger partial charge is 0.336 e. The normalized spacial score (nSPS) is 14.8. The molecule has 30 heavy (non-hydrogen) atoms. The van der Waals surface area contributed by atoms with E-state index in [1.165, 1.54) is 0 Å². The maximum Gasteiger partial charge on any atom is 0.259 e. The number of piperazine rings is 1. The van der Waals surface area contributed by atoms with Gasteiger partial charge in [0, 0.05) is 44.3 Å². The number of nitrogens with zero attached hydrogens (tertiary/aromatic N) is 5. The Hall–Kier alpha value is -3.26. The molecule has 2 aromatic heterocycles. The van der Waals surface area contributed by atoms with Crippen LogP contribution in [0.25, 0.3) is 5.65 Å². The number of fused-ring (bicyclic) bond motifs is 1. The van der Waals surface area contributed by atoms with Crippen LogP contribution in [0.4, 0.5) is 5.69 Å². The zero-order valence-corrected chi connectivity index (χ0v) is 17.6. The molecule has 1 aromatic carbocycles. The van der Waals surface area contributed by atoms with Crippen molar-refractivity contribution in [2.45, 2.75) is 20.8 Å². The molecule has 0 bridgehead atoms. The fourth-order valence-corrected chi connectivity index (χ4v) is 3.79. The van der Waals surface area contributed by atoms with Gasteiger partial charge in [-0.05, 0) is 44.0 Å². The van der Waals surface area contributed by atoms with E-state index in [0.717, 1.165) is 16.8 Å². The second-order valence-corrected chi connectivity index (χ2v) is 7.71. The first-order valence-electron chi connectivity index (χ1n) is 10.1. The second-order valence-electron chi connectivity index (χ2n) is 7.71. The van der Waals surface area contributed by atoms with Crippen molar-refractivity contribution in [1.29, 1.82) is 0 Å². The third kappa shape index (κ3) is 3.91. The standard InChI is InChI=1S/C22H26N6O2/c1-15-6-4-7-18(16(15)2)24-19(29)14-26-10-12-27(13-11-26)22(30)20-17(3)25-28-9-5-8-23-21(20)28/h4-9H,10-14H2,1-3H3,(H,24,29). The van der Waals surface area contributed by atoms with Crippen LogP contribution in [0.1, 0.15) is 27.2 Å². The molecule has 156 valence electrons. The second kappa shape index (κ2) is 8.23. The van der Waals surface area contributed by atoms with Gasteiger partial charge in [-0.1, -0.05) is 12.1 Å². The maximum atomic E-state index is 13.1. The summed E-state index contributed by atoms with van der Waals surface area (Å²) in [6, 6.07) is 7.68. The van der Waals surface area contributed by atoms with Gasteiger partial charge in [-0.3, -0.25) is 14.5 Å². The summed E-state index contributed by atoms with van der Waals surface area (Å²) in [7, 11) is 0. The van der Waals surface area contributed by atoms with Gasteiger partial charge >= 0.3 is 0 Å². The summed E-state index contributed by atoms with van der Waals surface area (Å²) in [5.41, 5.74) is 4.89. The average molecular weight is 406 g/mol. The minimum Gasteiger partial charge on any atom is -0.336 e. The van der Waals surface area contributed by atoms with E-state index in [1.807, 2.05) is 43.9 Å². The van der Waals surface area contributed by atoms with Gasteiger partial charge in [0.1, 0.15) is 5.56 Å². The van der Waals surface area contributed by atoms with Gasteiger partial charge in [0.15, 0.2) is 5.65 Å². The number of benzene rings is 1. The highest BCUT2D eigenvalue weighted by Gasteiger charge is 2.27.